The number of aliphatic imine (C=N–C) groups is 1. The molecule has 0 atom stereocenters. The molecule has 0 aliphatic heterocycles. The van der Waals surface area contributed by atoms with Gasteiger partial charge in [-0.25, -0.2) is 0 Å². The summed E-state index contributed by atoms with van der Waals surface area (Å²) < 4.78 is 0. The van der Waals surface area contributed by atoms with Gasteiger partial charge < -0.3 is 0 Å². The van der Waals surface area contributed by atoms with Crippen LogP contribution in [0.15, 0.2) is 59.6 Å². The van der Waals surface area contributed by atoms with Crippen LogP contribution in [0.3, 0.4) is 0 Å². The Labute approximate surface area is 121 Å². The van der Waals surface area contributed by atoms with Gasteiger partial charge in [0.05, 0.1) is 10.6 Å². The monoisotopic (exact) mass is 286 g/mol. The fourth-order valence-electron chi connectivity index (χ4n) is 1.52. The maximum Gasteiger partial charge on any atom is 0.269 e. The van der Waals surface area contributed by atoms with Crippen molar-refractivity contribution in [3.05, 3.63) is 75.3 Å². The van der Waals surface area contributed by atoms with E-state index in [-0.39, 0.29) is 5.69 Å². The van der Waals surface area contributed by atoms with Crippen molar-refractivity contribution in [2.24, 2.45) is 4.99 Å². The Kier molecular flexibility index (Phi) is 4.63. The Balaban J connectivity index is 1.99. The van der Waals surface area contributed by atoms with Crippen molar-refractivity contribution in [2.75, 3.05) is 0 Å². The maximum atomic E-state index is 10.5. The molecule has 100 valence electrons. The number of hydrogen-bond acceptors (Lipinski definition) is 3. The van der Waals surface area contributed by atoms with E-state index in [0.29, 0.717) is 10.7 Å². The molecule has 0 heterocycles. The van der Waals surface area contributed by atoms with Crippen LogP contribution in [0.1, 0.15) is 5.56 Å². The average molecular weight is 287 g/mol. The molecule has 5 heteroatoms. The molecule has 0 fully saturated rings. The van der Waals surface area contributed by atoms with Crippen LogP contribution < -0.4 is 0 Å². The van der Waals surface area contributed by atoms with E-state index in [9.17, 15) is 10.1 Å². The van der Waals surface area contributed by atoms with Crippen molar-refractivity contribution in [3.8, 4) is 0 Å². The lowest BCUT2D eigenvalue weighted by Gasteiger charge is -1.93. The Morgan fingerprint density at radius 3 is 2.30 bits per heavy atom. The minimum absolute atomic E-state index is 0.0562. The van der Waals surface area contributed by atoms with Gasteiger partial charge in [0.25, 0.3) is 5.69 Å². The van der Waals surface area contributed by atoms with Crippen molar-refractivity contribution in [1.82, 2.24) is 0 Å². The first kappa shape index (κ1) is 14.0. The van der Waals surface area contributed by atoms with E-state index >= 15 is 0 Å². The van der Waals surface area contributed by atoms with Crippen LogP contribution in [0.2, 0.25) is 5.02 Å². The first-order valence-corrected chi connectivity index (χ1v) is 6.24. The zero-order valence-corrected chi connectivity index (χ0v) is 11.2. The summed E-state index contributed by atoms with van der Waals surface area (Å²) in [5.41, 5.74) is 1.74. The number of halogens is 1. The molecule has 0 aliphatic rings. The average Bonchev–Trinajstić information content (AvgIpc) is 2.46. The molecule has 0 amide bonds. The highest BCUT2D eigenvalue weighted by Gasteiger charge is 2.02. The van der Waals surface area contributed by atoms with Gasteiger partial charge >= 0.3 is 0 Å². The number of non-ortho nitro benzene ring substituents is 1. The minimum Gasteiger partial charge on any atom is -0.258 e. The highest BCUT2D eigenvalue weighted by Crippen LogP contribution is 2.17. The fourth-order valence-corrected chi connectivity index (χ4v) is 1.64. The second kappa shape index (κ2) is 6.63. The first-order chi connectivity index (χ1) is 9.65. The molecule has 0 spiro atoms. The summed E-state index contributed by atoms with van der Waals surface area (Å²) in [7, 11) is 0. The zero-order chi connectivity index (χ0) is 14.4. The molecule has 2 aromatic rings. The third kappa shape index (κ3) is 4.03. The predicted molar refractivity (Wildman–Crippen MR) is 81.7 cm³/mol. The number of benzene rings is 2. The summed E-state index contributed by atoms with van der Waals surface area (Å²) in [6.07, 6.45) is 5.33. The SMILES string of the molecule is O=[N+]([O-])c1ccc(N=C/C=C\c2ccc(Cl)cc2)cc1. The first-order valence-electron chi connectivity index (χ1n) is 5.86. The lowest BCUT2D eigenvalue weighted by atomic mass is 10.2. The van der Waals surface area contributed by atoms with E-state index in [1.54, 1.807) is 24.4 Å². The Morgan fingerprint density at radius 1 is 1.05 bits per heavy atom. The number of nitro benzene ring substituents is 1. The summed E-state index contributed by atoms with van der Waals surface area (Å²) in [6.45, 7) is 0. The molecule has 0 bridgehead atoms. The second-order valence-electron chi connectivity index (χ2n) is 3.96. The van der Waals surface area contributed by atoms with Gasteiger partial charge in [-0.05, 0) is 35.9 Å². The quantitative estimate of drug-likeness (QED) is 0.466. The molecule has 0 saturated carbocycles. The largest absolute Gasteiger partial charge is 0.269 e. The van der Waals surface area contributed by atoms with Crippen LogP contribution in [-0.2, 0) is 0 Å². The summed E-state index contributed by atoms with van der Waals surface area (Å²) in [6, 6.07) is 13.5. The van der Waals surface area contributed by atoms with Crippen molar-refractivity contribution in [2.45, 2.75) is 0 Å². The van der Waals surface area contributed by atoms with E-state index in [2.05, 4.69) is 4.99 Å². The summed E-state index contributed by atoms with van der Waals surface area (Å²) in [4.78, 5) is 14.2. The zero-order valence-electron chi connectivity index (χ0n) is 10.4. The Bertz CT molecular complexity index is 647. The molecule has 0 radical (unpaired) electrons. The Morgan fingerprint density at radius 2 is 1.70 bits per heavy atom. The van der Waals surface area contributed by atoms with E-state index < -0.39 is 4.92 Å². The van der Waals surface area contributed by atoms with E-state index in [1.807, 2.05) is 30.3 Å². The molecule has 0 aliphatic carbocycles. The molecule has 2 aromatic carbocycles. The minimum atomic E-state index is -0.437. The topological polar surface area (TPSA) is 55.5 Å². The summed E-state index contributed by atoms with van der Waals surface area (Å²) in [5, 5.41) is 11.2. The standard InChI is InChI=1S/C15H11ClN2O2/c16-13-5-3-12(4-6-13)2-1-11-17-14-7-9-15(10-8-14)18(19)20/h1-11H/b2-1-,17-11?. The number of nitrogens with zero attached hydrogens (tertiary/aromatic N) is 2. The van der Waals surface area contributed by atoms with Gasteiger partial charge in [0.2, 0.25) is 0 Å². The van der Waals surface area contributed by atoms with Gasteiger partial charge in [0, 0.05) is 23.4 Å². The highest BCUT2D eigenvalue weighted by atomic mass is 35.5. The molecular formula is C15H11ClN2O2. The smallest absolute Gasteiger partial charge is 0.258 e. The van der Waals surface area contributed by atoms with Gasteiger partial charge in [0.1, 0.15) is 0 Å². The summed E-state index contributed by atoms with van der Waals surface area (Å²) >= 11 is 5.79. The van der Waals surface area contributed by atoms with Crippen molar-refractivity contribution in [1.29, 1.82) is 0 Å². The molecule has 0 unspecified atom stereocenters. The normalized spacial score (nSPS) is 11.2. The van der Waals surface area contributed by atoms with Crippen LogP contribution in [0, 0.1) is 10.1 Å². The molecule has 4 nitrogen and oxygen atoms in total. The summed E-state index contributed by atoms with van der Waals surface area (Å²) in [5.74, 6) is 0. The molecular weight excluding hydrogens is 276 g/mol. The predicted octanol–water partition coefficient (Wildman–Crippen LogP) is 4.66. The van der Waals surface area contributed by atoms with Gasteiger partial charge in [-0.1, -0.05) is 29.8 Å². The number of nitro groups is 1. The van der Waals surface area contributed by atoms with Gasteiger partial charge in [-0.15, -0.1) is 0 Å². The maximum absolute atomic E-state index is 10.5. The van der Waals surface area contributed by atoms with Crippen LogP contribution in [-0.4, -0.2) is 11.1 Å². The molecule has 0 saturated heterocycles. The second-order valence-corrected chi connectivity index (χ2v) is 4.40. The van der Waals surface area contributed by atoms with Crippen LogP contribution in [0.5, 0.6) is 0 Å². The fraction of sp³-hybridized carbons (Fsp3) is 0. The van der Waals surface area contributed by atoms with Crippen LogP contribution >= 0.6 is 11.6 Å². The van der Waals surface area contributed by atoms with Crippen LogP contribution in [0.4, 0.5) is 11.4 Å². The van der Waals surface area contributed by atoms with E-state index in [0.717, 1.165) is 5.56 Å². The van der Waals surface area contributed by atoms with E-state index in [4.69, 9.17) is 11.6 Å². The van der Waals surface area contributed by atoms with Crippen molar-refractivity contribution >= 4 is 35.3 Å². The Hall–Kier alpha value is -2.46. The molecule has 0 aromatic heterocycles. The third-order valence-electron chi connectivity index (χ3n) is 2.53. The van der Waals surface area contributed by atoms with Crippen LogP contribution in [0.25, 0.3) is 6.08 Å². The van der Waals surface area contributed by atoms with Gasteiger partial charge in [0.15, 0.2) is 0 Å². The number of hydrogen-bond donors (Lipinski definition) is 0. The van der Waals surface area contributed by atoms with E-state index in [1.165, 1.54) is 12.1 Å². The lowest BCUT2D eigenvalue weighted by molar-refractivity contribution is -0.384. The highest BCUT2D eigenvalue weighted by molar-refractivity contribution is 6.30. The molecule has 0 N–H and O–H groups in total. The van der Waals surface area contributed by atoms with Crippen molar-refractivity contribution < 1.29 is 4.92 Å². The van der Waals surface area contributed by atoms with Gasteiger partial charge in [-0.3, -0.25) is 15.1 Å². The lowest BCUT2D eigenvalue weighted by Crippen LogP contribution is -1.85. The number of allylic oxidation sites excluding steroid dienone is 1. The molecule has 20 heavy (non-hydrogen) atoms. The number of rotatable bonds is 4. The van der Waals surface area contributed by atoms with Gasteiger partial charge in [-0.2, -0.15) is 0 Å². The van der Waals surface area contributed by atoms with Crippen molar-refractivity contribution in [3.63, 3.8) is 0 Å². The molecule has 2 rings (SSSR count). The third-order valence-corrected chi connectivity index (χ3v) is 2.78.